The number of hydrogen-bond donors (Lipinski definition) is 1. The van der Waals surface area contributed by atoms with E-state index in [1.54, 1.807) is 17.0 Å². The minimum absolute atomic E-state index is 0.162. The normalized spacial score (nSPS) is 13.1. The van der Waals surface area contributed by atoms with Gasteiger partial charge in [0, 0.05) is 18.3 Å². The maximum Gasteiger partial charge on any atom is 0.264 e. The number of nitrogens with zero attached hydrogens (tertiary/aromatic N) is 1. The van der Waals surface area contributed by atoms with Crippen LogP contribution in [0.4, 0.5) is 5.69 Å². The first-order valence-corrected chi connectivity index (χ1v) is 8.09. The molecule has 0 aliphatic carbocycles. The molecule has 2 N–H and O–H groups in total. The highest BCUT2D eigenvalue weighted by molar-refractivity contribution is 5.97. The highest BCUT2D eigenvalue weighted by Gasteiger charge is 2.23. The van der Waals surface area contributed by atoms with E-state index in [0.717, 1.165) is 24.1 Å². The Kier molecular flexibility index (Phi) is 4.88. The van der Waals surface area contributed by atoms with Crippen molar-refractivity contribution in [3.8, 4) is 11.5 Å². The van der Waals surface area contributed by atoms with Crippen LogP contribution in [0.1, 0.15) is 22.3 Å². The number of anilines is 1. The first kappa shape index (κ1) is 16.8. The molecule has 0 bridgehead atoms. The van der Waals surface area contributed by atoms with Crippen molar-refractivity contribution in [2.24, 2.45) is 5.73 Å². The topological polar surface area (TPSA) is 81.9 Å². The molecular weight excluding hydrogens is 320 g/mol. The van der Waals surface area contributed by atoms with E-state index >= 15 is 0 Å². The van der Waals surface area contributed by atoms with Crippen molar-refractivity contribution < 1.29 is 19.1 Å². The minimum atomic E-state index is -0.617. The Labute approximate surface area is 146 Å². The summed E-state index contributed by atoms with van der Waals surface area (Å²) in [5.74, 6) is -0.0138. The molecular formula is C19H20N2O4. The predicted molar refractivity (Wildman–Crippen MR) is 94.1 cm³/mol. The van der Waals surface area contributed by atoms with Crippen LogP contribution in [0.2, 0.25) is 0 Å². The largest absolute Gasteiger partial charge is 0.497 e. The number of benzene rings is 2. The Morgan fingerprint density at radius 2 is 2.00 bits per heavy atom. The van der Waals surface area contributed by atoms with Gasteiger partial charge in [0.05, 0.1) is 12.7 Å². The molecule has 0 atom stereocenters. The number of methoxy groups -OCH3 is 1. The molecule has 0 spiro atoms. The molecule has 0 saturated heterocycles. The molecule has 3 rings (SSSR count). The Bertz CT molecular complexity index is 804. The zero-order valence-corrected chi connectivity index (χ0v) is 14.0. The van der Waals surface area contributed by atoms with E-state index in [1.165, 1.54) is 13.2 Å². The van der Waals surface area contributed by atoms with Gasteiger partial charge in [0.2, 0.25) is 0 Å². The van der Waals surface area contributed by atoms with E-state index < -0.39 is 5.91 Å². The zero-order chi connectivity index (χ0) is 17.8. The summed E-state index contributed by atoms with van der Waals surface area (Å²) in [5, 5.41) is 0. The summed E-state index contributed by atoms with van der Waals surface area (Å²) in [6.45, 7) is 0.474. The predicted octanol–water partition coefficient (Wildman–Crippen LogP) is 2.15. The molecule has 2 aromatic rings. The SMILES string of the molecule is COc1ccc(C(N)=O)c(OCC(=O)N2CCCc3ccccc32)c1. The maximum absolute atomic E-state index is 12.6. The molecule has 6 nitrogen and oxygen atoms in total. The smallest absolute Gasteiger partial charge is 0.264 e. The van der Waals surface area contributed by atoms with Crippen molar-refractivity contribution >= 4 is 17.5 Å². The van der Waals surface area contributed by atoms with E-state index in [0.29, 0.717) is 12.3 Å². The van der Waals surface area contributed by atoms with E-state index in [2.05, 4.69) is 0 Å². The molecule has 1 aliphatic rings. The first-order valence-electron chi connectivity index (χ1n) is 8.09. The van der Waals surface area contributed by atoms with Gasteiger partial charge in [-0.2, -0.15) is 0 Å². The number of carbonyl (C=O) groups excluding carboxylic acids is 2. The van der Waals surface area contributed by atoms with Crippen molar-refractivity contribution in [3.05, 3.63) is 53.6 Å². The number of primary amides is 1. The lowest BCUT2D eigenvalue weighted by atomic mass is 10.0. The molecule has 6 heteroatoms. The molecule has 0 saturated carbocycles. The fourth-order valence-corrected chi connectivity index (χ4v) is 2.96. The van der Waals surface area contributed by atoms with Crippen LogP contribution in [-0.2, 0) is 11.2 Å². The van der Waals surface area contributed by atoms with Crippen LogP contribution < -0.4 is 20.1 Å². The summed E-state index contributed by atoms with van der Waals surface area (Å²) in [7, 11) is 1.51. The second-order valence-corrected chi connectivity index (χ2v) is 5.79. The van der Waals surface area contributed by atoms with Crippen LogP contribution in [-0.4, -0.2) is 32.1 Å². The fraction of sp³-hybridized carbons (Fsp3) is 0.263. The molecule has 0 aromatic heterocycles. The number of amides is 2. The molecule has 2 aromatic carbocycles. The number of fused-ring (bicyclic) bond motifs is 1. The van der Waals surface area contributed by atoms with E-state index in [4.69, 9.17) is 15.2 Å². The van der Waals surface area contributed by atoms with E-state index in [1.807, 2.05) is 24.3 Å². The lowest BCUT2D eigenvalue weighted by Gasteiger charge is -2.29. The fourth-order valence-electron chi connectivity index (χ4n) is 2.96. The average molecular weight is 340 g/mol. The number of para-hydroxylation sites is 1. The molecule has 0 radical (unpaired) electrons. The van der Waals surface area contributed by atoms with Gasteiger partial charge < -0.3 is 20.1 Å². The molecule has 2 amide bonds. The monoisotopic (exact) mass is 340 g/mol. The van der Waals surface area contributed by atoms with Gasteiger partial charge in [0.25, 0.3) is 11.8 Å². The van der Waals surface area contributed by atoms with Crippen LogP contribution in [0.5, 0.6) is 11.5 Å². The molecule has 1 aliphatic heterocycles. The van der Waals surface area contributed by atoms with Crippen LogP contribution >= 0.6 is 0 Å². The van der Waals surface area contributed by atoms with Crippen molar-refractivity contribution in [1.82, 2.24) is 0 Å². The number of ether oxygens (including phenoxy) is 2. The first-order chi connectivity index (χ1) is 12.1. The summed E-state index contributed by atoms with van der Waals surface area (Å²) in [6, 6.07) is 12.6. The second kappa shape index (κ2) is 7.25. The van der Waals surface area contributed by atoms with Gasteiger partial charge >= 0.3 is 0 Å². The van der Waals surface area contributed by atoms with Gasteiger partial charge in [0.15, 0.2) is 6.61 Å². The second-order valence-electron chi connectivity index (χ2n) is 5.79. The van der Waals surface area contributed by atoms with Gasteiger partial charge in [-0.1, -0.05) is 18.2 Å². The quantitative estimate of drug-likeness (QED) is 0.904. The van der Waals surface area contributed by atoms with E-state index in [-0.39, 0.29) is 23.8 Å². The lowest BCUT2D eigenvalue weighted by Crippen LogP contribution is -2.38. The summed E-state index contributed by atoms with van der Waals surface area (Å²) in [6.07, 6.45) is 1.87. The number of nitrogens with two attached hydrogens (primary N) is 1. The van der Waals surface area contributed by atoms with Crippen molar-refractivity contribution in [2.45, 2.75) is 12.8 Å². The summed E-state index contributed by atoms with van der Waals surface area (Å²) >= 11 is 0. The Morgan fingerprint density at radius 1 is 1.20 bits per heavy atom. The minimum Gasteiger partial charge on any atom is -0.497 e. The molecule has 0 unspecified atom stereocenters. The van der Waals surface area contributed by atoms with Crippen LogP contribution in [0.15, 0.2) is 42.5 Å². The van der Waals surface area contributed by atoms with Gasteiger partial charge in [-0.25, -0.2) is 0 Å². The van der Waals surface area contributed by atoms with Gasteiger partial charge in [-0.05, 0) is 36.6 Å². The highest BCUT2D eigenvalue weighted by atomic mass is 16.5. The van der Waals surface area contributed by atoms with Crippen molar-refractivity contribution in [2.75, 3.05) is 25.2 Å². The van der Waals surface area contributed by atoms with Crippen LogP contribution in [0, 0.1) is 0 Å². The average Bonchev–Trinajstić information content (AvgIpc) is 2.65. The number of rotatable bonds is 5. The Balaban J connectivity index is 1.76. The van der Waals surface area contributed by atoms with E-state index in [9.17, 15) is 9.59 Å². The van der Waals surface area contributed by atoms with Gasteiger partial charge in [-0.15, -0.1) is 0 Å². The lowest BCUT2D eigenvalue weighted by molar-refractivity contribution is -0.120. The number of aryl methyl sites for hydroxylation is 1. The molecule has 130 valence electrons. The maximum atomic E-state index is 12.6. The molecule has 1 heterocycles. The van der Waals surface area contributed by atoms with Crippen molar-refractivity contribution in [3.63, 3.8) is 0 Å². The third-order valence-corrected chi connectivity index (χ3v) is 4.22. The Hall–Kier alpha value is -3.02. The zero-order valence-electron chi connectivity index (χ0n) is 14.0. The standard InChI is InChI=1S/C19H20N2O4/c1-24-14-8-9-15(19(20)23)17(11-14)25-12-18(22)21-10-4-6-13-5-2-3-7-16(13)21/h2-3,5,7-9,11H,4,6,10,12H2,1H3,(H2,20,23). The number of carbonyl (C=O) groups is 2. The third kappa shape index (κ3) is 3.57. The third-order valence-electron chi connectivity index (χ3n) is 4.22. The Morgan fingerprint density at radius 3 is 2.76 bits per heavy atom. The van der Waals surface area contributed by atoms with Crippen LogP contribution in [0.25, 0.3) is 0 Å². The summed E-state index contributed by atoms with van der Waals surface area (Å²) in [5.41, 5.74) is 7.65. The van der Waals surface area contributed by atoms with Crippen LogP contribution in [0.3, 0.4) is 0 Å². The highest BCUT2D eigenvalue weighted by Crippen LogP contribution is 2.28. The summed E-state index contributed by atoms with van der Waals surface area (Å²) in [4.78, 5) is 25.9. The van der Waals surface area contributed by atoms with Gasteiger partial charge in [-0.3, -0.25) is 9.59 Å². The van der Waals surface area contributed by atoms with Crippen molar-refractivity contribution in [1.29, 1.82) is 0 Å². The summed E-state index contributed by atoms with van der Waals surface area (Å²) < 4.78 is 10.7. The molecule has 0 fully saturated rings. The van der Waals surface area contributed by atoms with Gasteiger partial charge in [0.1, 0.15) is 11.5 Å². The number of hydrogen-bond acceptors (Lipinski definition) is 4. The molecule has 25 heavy (non-hydrogen) atoms.